The van der Waals surface area contributed by atoms with Crippen LogP contribution in [0.4, 0.5) is 0 Å². The summed E-state index contributed by atoms with van der Waals surface area (Å²) in [6, 6.07) is 7.39. The van der Waals surface area contributed by atoms with Gasteiger partial charge in [-0.3, -0.25) is 4.79 Å². The summed E-state index contributed by atoms with van der Waals surface area (Å²) in [5.74, 6) is 0.853. The fourth-order valence-electron chi connectivity index (χ4n) is 2.35. The van der Waals surface area contributed by atoms with Crippen LogP contribution in [0.2, 0.25) is 5.02 Å². The van der Waals surface area contributed by atoms with E-state index in [0.717, 1.165) is 31.7 Å². The second-order valence-corrected chi connectivity index (χ2v) is 5.72. The Hall–Kier alpha value is -1.26. The molecule has 1 aliphatic heterocycles. The quantitative estimate of drug-likeness (QED) is 0.928. The van der Waals surface area contributed by atoms with E-state index in [9.17, 15) is 4.79 Å². The molecular formula is C15H21ClN2O2. The molecule has 20 heavy (non-hydrogen) atoms. The number of likely N-dealkylation sites (tertiary alicyclic amines) is 1. The van der Waals surface area contributed by atoms with E-state index in [1.807, 2.05) is 36.1 Å². The van der Waals surface area contributed by atoms with Gasteiger partial charge in [0.1, 0.15) is 11.9 Å². The van der Waals surface area contributed by atoms with Crippen molar-refractivity contribution >= 4 is 17.5 Å². The van der Waals surface area contributed by atoms with Crippen molar-refractivity contribution in [1.29, 1.82) is 0 Å². The van der Waals surface area contributed by atoms with Gasteiger partial charge in [0, 0.05) is 38.4 Å². The molecular weight excluding hydrogens is 276 g/mol. The molecule has 1 unspecified atom stereocenters. The Balaban J connectivity index is 1.83. The van der Waals surface area contributed by atoms with Crippen LogP contribution in [-0.2, 0) is 4.79 Å². The van der Waals surface area contributed by atoms with Crippen molar-refractivity contribution in [3.8, 4) is 5.75 Å². The van der Waals surface area contributed by atoms with Gasteiger partial charge in [-0.15, -0.1) is 0 Å². The number of amides is 1. The number of nitrogens with zero attached hydrogens (tertiary/aromatic N) is 1. The number of para-hydroxylation sites is 1. The standard InChI is InChI=1S/C15H21ClN2O2/c1-11(17)10-15(19)18-8-6-12(7-9-18)20-14-5-3-2-4-13(14)16/h2-5,11-12H,6-10,17H2,1H3. The largest absolute Gasteiger partial charge is 0.489 e. The van der Waals surface area contributed by atoms with Crippen LogP contribution in [0.25, 0.3) is 0 Å². The van der Waals surface area contributed by atoms with Gasteiger partial charge in [-0.25, -0.2) is 0 Å². The molecule has 4 nitrogen and oxygen atoms in total. The lowest BCUT2D eigenvalue weighted by Gasteiger charge is -2.32. The van der Waals surface area contributed by atoms with Gasteiger partial charge in [-0.2, -0.15) is 0 Å². The van der Waals surface area contributed by atoms with E-state index in [-0.39, 0.29) is 18.1 Å². The van der Waals surface area contributed by atoms with E-state index >= 15 is 0 Å². The number of ether oxygens (including phenoxy) is 1. The molecule has 2 N–H and O–H groups in total. The minimum atomic E-state index is -0.0837. The number of rotatable bonds is 4. The lowest BCUT2D eigenvalue weighted by molar-refractivity contribution is -0.133. The molecule has 1 heterocycles. The summed E-state index contributed by atoms with van der Waals surface area (Å²) in [4.78, 5) is 13.8. The zero-order valence-corrected chi connectivity index (χ0v) is 12.5. The lowest BCUT2D eigenvalue weighted by atomic mass is 10.1. The van der Waals surface area contributed by atoms with Crippen molar-refractivity contribution in [2.24, 2.45) is 5.73 Å². The Kier molecular flexibility index (Phi) is 5.26. The number of carbonyl (C=O) groups excluding carboxylic acids is 1. The summed E-state index contributed by atoms with van der Waals surface area (Å²) in [6.45, 7) is 3.30. The number of carbonyl (C=O) groups is 1. The summed E-state index contributed by atoms with van der Waals surface area (Å²) in [5, 5.41) is 0.628. The Morgan fingerprint density at radius 1 is 1.45 bits per heavy atom. The predicted molar refractivity (Wildman–Crippen MR) is 79.9 cm³/mol. The summed E-state index contributed by atoms with van der Waals surface area (Å²) in [7, 11) is 0. The van der Waals surface area contributed by atoms with Crippen LogP contribution in [-0.4, -0.2) is 36.0 Å². The van der Waals surface area contributed by atoms with Crippen LogP contribution in [0.3, 0.4) is 0 Å². The molecule has 110 valence electrons. The summed E-state index contributed by atoms with van der Waals surface area (Å²) < 4.78 is 5.90. The highest BCUT2D eigenvalue weighted by Crippen LogP contribution is 2.26. The molecule has 1 atom stereocenters. The molecule has 1 saturated heterocycles. The molecule has 1 fully saturated rings. The maximum atomic E-state index is 11.9. The zero-order chi connectivity index (χ0) is 14.5. The third-order valence-electron chi connectivity index (χ3n) is 3.42. The van der Waals surface area contributed by atoms with Crippen LogP contribution < -0.4 is 10.5 Å². The van der Waals surface area contributed by atoms with E-state index < -0.39 is 0 Å². The van der Waals surface area contributed by atoms with Gasteiger partial charge >= 0.3 is 0 Å². The van der Waals surface area contributed by atoms with Crippen molar-refractivity contribution < 1.29 is 9.53 Å². The smallest absolute Gasteiger partial charge is 0.224 e. The van der Waals surface area contributed by atoms with E-state index in [1.54, 1.807) is 0 Å². The zero-order valence-electron chi connectivity index (χ0n) is 11.7. The van der Waals surface area contributed by atoms with Gasteiger partial charge in [-0.05, 0) is 19.1 Å². The van der Waals surface area contributed by atoms with Gasteiger partial charge in [-0.1, -0.05) is 23.7 Å². The number of halogens is 1. The normalized spacial score (nSPS) is 17.9. The van der Waals surface area contributed by atoms with Crippen molar-refractivity contribution in [3.05, 3.63) is 29.3 Å². The predicted octanol–water partition coefficient (Wildman–Crippen LogP) is 2.45. The first kappa shape index (κ1) is 15.1. The molecule has 2 rings (SSSR count). The maximum Gasteiger partial charge on any atom is 0.224 e. The first-order valence-electron chi connectivity index (χ1n) is 7.01. The minimum Gasteiger partial charge on any atom is -0.489 e. The van der Waals surface area contributed by atoms with Gasteiger partial charge in [0.25, 0.3) is 0 Å². The molecule has 1 aromatic rings. The molecule has 0 aromatic heterocycles. The molecule has 0 radical (unpaired) electrons. The van der Waals surface area contributed by atoms with Gasteiger partial charge in [0.2, 0.25) is 5.91 Å². The number of nitrogens with two attached hydrogens (primary N) is 1. The molecule has 1 aromatic carbocycles. The van der Waals surface area contributed by atoms with E-state index in [1.165, 1.54) is 0 Å². The third-order valence-corrected chi connectivity index (χ3v) is 3.73. The molecule has 0 spiro atoms. The Bertz CT molecular complexity index is 457. The molecule has 1 aliphatic rings. The van der Waals surface area contributed by atoms with Crippen LogP contribution in [0.1, 0.15) is 26.2 Å². The monoisotopic (exact) mass is 296 g/mol. The van der Waals surface area contributed by atoms with Gasteiger partial charge in [0.15, 0.2) is 0 Å². The van der Waals surface area contributed by atoms with Gasteiger partial charge < -0.3 is 15.4 Å². The highest BCUT2D eigenvalue weighted by atomic mass is 35.5. The molecule has 1 amide bonds. The second kappa shape index (κ2) is 6.95. The van der Waals surface area contributed by atoms with Crippen molar-refractivity contribution in [1.82, 2.24) is 4.90 Å². The average molecular weight is 297 g/mol. The molecule has 5 heteroatoms. The fourth-order valence-corrected chi connectivity index (χ4v) is 2.53. The van der Waals surface area contributed by atoms with Crippen LogP contribution >= 0.6 is 11.6 Å². The van der Waals surface area contributed by atoms with Gasteiger partial charge in [0.05, 0.1) is 5.02 Å². The molecule has 0 aliphatic carbocycles. The van der Waals surface area contributed by atoms with E-state index in [2.05, 4.69) is 0 Å². The lowest BCUT2D eigenvalue weighted by Crippen LogP contribution is -2.43. The fraction of sp³-hybridized carbons (Fsp3) is 0.533. The maximum absolute atomic E-state index is 11.9. The van der Waals surface area contributed by atoms with E-state index in [4.69, 9.17) is 22.1 Å². The molecule has 0 saturated carbocycles. The third kappa shape index (κ3) is 4.12. The van der Waals surface area contributed by atoms with Crippen molar-refractivity contribution in [2.75, 3.05) is 13.1 Å². The second-order valence-electron chi connectivity index (χ2n) is 5.31. The van der Waals surface area contributed by atoms with Crippen molar-refractivity contribution in [2.45, 2.75) is 38.3 Å². The van der Waals surface area contributed by atoms with E-state index in [0.29, 0.717) is 11.4 Å². The first-order valence-corrected chi connectivity index (χ1v) is 7.38. The highest BCUT2D eigenvalue weighted by Gasteiger charge is 2.24. The number of hydrogen-bond donors (Lipinski definition) is 1. The number of benzene rings is 1. The van der Waals surface area contributed by atoms with Crippen molar-refractivity contribution in [3.63, 3.8) is 0 Å². The number of piperidine rings is 1. The summed E-state index contributed by atoms with van der Waals surface area (Å²) in [5.41, 5.74) is 5.66. The Morgan fingerprint density at radius 2 is 2.10 bits per heavy atom. The number of hydrogen-bond acceptors (Lipinski definition) is 3. The summed E-state index contributed by atoms with van der Waals surface area (Å²) >= 11 is 6.08. The molecule has 0 bridgehead atoms. The Labute approximate surface area is 124 Å². The minimum absolute atomic E-state index is 0.0837. The summed E-state index contributed by atoms with van der Waals surface area (Å²) in [6.07, 6.45) is 2.19. The van der Waals surface area contributed by atoms with Crippen LogP contribution in [0.15, 0.2) is 24.3 Å². The SMILES string of the molecule is CC(N)CC(=O)N1CCC(Oc2ccccc2Cl)CC1. The highest BCUT2D eigenvalue weighted by molar-refractivity contribution is 6.32. The van der Waals surface area contributed by atoms with Crippen LogP contribution in [0.5, 0.6) is 5.75 Å². The Morgan fingerprint density at radius 3 is 2.70 bits per heavy atom. The van der Waals surface area contributed by atoms with Crippen LogP contribution in [0, 0.1) is 0 Å². The first-order chi connectivity index (χ1) is 9.56. The average Bonchev–Trinajstić information content (AvgIpc) is 2.41. The topological polar surface area (TPSA) is 55.6 Å².